The highest BCUT2D eigenvalue weighted by molar-refractivity contribution is 5.89. The Morgan fingerprint density at radius 1 is 1.32 bits per heavy atom. The van der Waals surface area contributed by atoms with Crippen molar-refractivity contribution in [1.82, 2.24) is 15.0 Å². The van der Waals surface area contributed by atoms with Crippen molar-refractivity contribution in [3.8, 4) is 0 Å². The van der Waals surface area contributed by atoms with Crippen LogP contribution in [0.2, 0.25) is 0 Å². The van der Waals surface area contributed by atoms with E-state index in [0.29, 0.717) is 17.9 Å². The summed E-state index contributed by atoms with van der Waals surface area (Å²) in [6.45, 7) is 2.37. The first kappa shape index (κ1) is 12.9. The lowest BCUT2D eigenvalue weighted by Crippen LogP contribution is -2.06. The lowest BCUT2D eigenvalue weighted by molar-refractivity contribution is 0.0600. The maximum Gasteiger partial charge on any atom is 0.338 e. The fourth-order valence-electron chi connectivity index (χ4n) is 1.46. The Bertz CT molecular complexity index is 569. The minimum atomic E-state index is -0.388. The van der Waals surface area contributed by atoms with Crippen molar-refractivity contribution in [3.05, 3.63) is 47.7 Å². The lowest BCUT2D eigenvalue weighted by Gasteiger charge is -2.06. The highest BCUT2D eigenvalue weighted by Gasteiger charge is 2.06. The molecular formula is C13H14N4O2. The van der Waals surface area contributed by atoms with Crippen molar-refractivity contribution < 1.29 is 9.53 Å². The van der Waals surface area contributed by atoms with Crippen LogP contribution in [0, 0.1) is 6.92 Å². The lowest BCUT2D eigenvalue weighted by atomic mass is 10.2. The average Bonchev–Trinajstić information content (AvgIpc) is 2.46. The highest BCUT2D eigenvalue weighted by Crippen LogP contribution is 2.09. The Balaban J connectivity index is 2.03. The smallest absolute Gasteiger partial charge is 0.338 e. The normalized spacial score (nSPS) is 10.0. The number of ether oxygens (including phenoxy) is 1. The summed E-state index contributed by atoms with van der Waals surface area (Å²) in [4.78, 5) is 23.9. The molecule has 6 nitrogen and oxygen atoms in total. The second-order valence-corrected chi connectivity index (χ2v) is 3.92. The number of nitrogens with zero attached hydrogens (tertiary/aromatic N) is 3. The Kier molecular flexibility index (Phi) is 4.02. The molecule has 0 bridgehead atoms. The quantitative estimate of drug-likeness (QED) is 0.839. The summed E-state index contributed by atoms with van der Waals surface area (Å²) in [6, 6.07) is 3.23. The summed E-state index contributed by atoms with van der Waals surface area (Å²) < 4.78 is 4.65. The summed E-state index contributed by atoms with van der Waals surface area (Å²) in [5.41, 5.74) is 2.13. The molecule has 2 heterocycles. The van der Waals surface area contributed by atoms with Crippen molar-refractivity contribution in [2.24, 2.45) is 0 Å². The molecule has 1 N–H and O–H groups in total. The van der Waals surface area contributed by atoms with Crippen LogP contribution in [0.25, 0.3) is 0 Å². The van der Waals surface area contributed by atoms with E-state index in [9.17, 15) is 4.79 Å². The van der Waals surface area contributed by atoms with Gasteiger partial charge in [0, 0.05) is 12.4 Å². The number of hydrogen-bond donors (Lipinski definition) is 1. The topological polar surface area (TPSA) is 77.0 Å². The zero-order valence-corrected chi connectivity index (χ0v) is 10.8. The third-order valence-corrected chi connectivity index (χ3v) is 2.47. The van der Waals surface area contributed by atoms with Gasteiger partial charge in [-0.2, -0.15) is 0 Å². The number of nitrogens with one attached hydrogen (secondary N) is 1. The van der Waals surface area contributed by atoms with Crippen LogP contribution in [0.5, 0.6) is 0 Å². The molecule has 98 valence electrons. The van der Waals surface area contributed by atoms with Gasteiger partial charge in [-0.15, -0.1) is 0 Å². The molecular weight excluding hydrogens is 244 g/mol. The fourth-order valence-corrected chi connectivity index (χ4v) is 1.46. The van der Waals surface area contributed by atoms with Gasteiger partial charge in [0.15, 0.2) is 0 Å². The molecule has 0 aliphatic heterocycles. The van der Waals surface area contributed by atoms with Crippen LogP contribution in [0.3, 0.4) is 0 Å². The molecule has 19 heavy (non-hydrogen) atoms. The standard InChI is InChI=1S/C13H14N4O2/c1-9-6-16-11(7-15-9)8-17-12-5-10(3-4-14-12)13(18)19-2/h3-7H,8H2,1-2H3,(H,14,17). The number of carbonyl (C=O) groups is 1. The number of aryl methyl sites for hydroxylation is 1. The monoisotopic (exact) mass is 258 g/mol. The van der Waals surface area contributed by atoms with E-state index in [0.717, 1.165) is 11.4 Å². The van der Waals surface area contributed by atoms with Gasteiger partial charge in [-0.1, -0.05) is 0 Å². The van der Waals surface area contributed by atoms with Crippen molar-refractivity contribution in [3.63, 3.8) is 0 Å². The fraction of sp³-hybridized carbons (Fsp3) is 0.231. The van der Waals surface area contributed by atoms with Gasteiger partial charge in [0.05, 0.1) is 36.8 Å². The molecule has 0 unspecified atom stereocenters. The second-order valence-electron chi connectivity index (χ2n) is 3.92. The Labute approximate surface area is 110 Å². The third-order valence-electron chi connectivity index (χ3n) is 2.47. The number of aromatic nitrogens is 3. The van der Waals surface area contributed by atoms with Gasteiger partial charge in [-0.05, 0) is 19.1 Å². The molecule has 6 heteroatoms. The van der Waals surface area contributed by atoms with Crippen LogP contribution < -0.4 is 5.32 Å². The summed E-state index contributed by atoms with van der Waals surface area (Å²) in [5.74, 6) is 0.200. The number of methoxy groups -OCH3 is 1. The maximum absolute atomic E-state index is 11.4. The summed E-state index contributed by atoms with van der Waals surface area (Å²) in [5, 5.41) is 3.08. The van der Waals surface area contributed by atoms with E-state index in [1.165, 1.54) is 7.11 Å². The van der Waals surface area contributed by atoms with Crippen LogP contribution in [0.4, 0.5) is 5.82 Å². The molecule has 0 aliphatic carbocycles. The molecule has 0 spiro atoms. The summed E-state index contributed by atoms with van der Waals surface area (Å²) in [6.07, 6.45) is 4.96. The van der Waals surface area contributed by atoms with Crippen LogP contribution in [0.1, 0.15) is 21.7 Å². The van der Waals surface area contributed by atoms with Gasteiger partial charge in [0.2, 0.25) is 0 Å². The number of pyridine rings is 1. The molecule has 2 aromatic heterocycles. The number of carbonyl (C=O) groups excluding carboxylic acids is 1. The van der Waals surface area contributed by atoms with Gasteiger partial charge in [0.25, 0.3) is 0 Å². The summed E-state index contributed by atoms with van der Waals surface area (Å²) in [7, 11) is 1.34. The van der Waals surface area contributed by atoms with Crippen molar-refractivity contribution in [1.29, 1.82) is 0 Å². The van der Waals surface area contributed by atoms with Crippen molar-refractivity contribution in [2.45, 2.75) is 13.5 Å². The average molecular weight is 258 g/mol. The van der Waals surface area contributed by atoms with E-state index in [2.05, 4.69) is 25.0 Å². The Morgan fingerprint density at radius 2 is 2.16 bits per heavy atom. The van der Waals surface area contributed by atoms with E-state index in [4.69, 9.17) is 0 Å². The van der Waals surface area contributed by atoms with Gasteiger partial charge >= 0.3 is 5.97 Å². The molecule has 0 saturated heterocycles. The first-order valence-electron chi connectivity index (χ1n) is 5.75. The molecule has 0 fully saturated rings. The van der Waals surface area contributed by atoms with Crippen LogP contribution in [-0.4, -0.2) is 28.0 Å². The molecule has 0 saturated carbocycles. The van der Waals surface area contributed by atoms with E-state index in [1.54, 1.807) is 30.7 Å². The predicted octanol–water partition coefficient (Wildman–Crippen LogP) is 1.58. The highest BCUT2D eigenvalue weighted by atomic mass is 16.5. The zero-order valence-electron chi connectivity index (χ0n) is 10.8. The zero-order chi connectivity index (χ0) is 13.7. The van der Waals surface area contributed by atoms with Crippen LogP contribution >= 0.6 is 0 Å². The molecule has 2 aromatic rings. The minimum Gasteiger partial charge on any atom is -0.465 e. The van der Waals surface area contributed by atoms with Gasteiger partial charge in [-0.25, -0.2) is 9.78 Å². The van der Waals surface area contributed by atoms with E-state index < -0.39 is 0 Å². The number of rotatable bonds is 4. The maximum atomic E-state index is 11.4. The number of esters is 1. The molecule has 0 amide bonds. The second kappa shape index (κ2) is 5.90. The molecule has 0 atom stereocenters. The van der Waals surface area contributed by atoms with Crippen molar-refractivity contribution >= 4 is 11.8 Å². The van der Waals surface area contributed by atoms with Crippen LogP contribution in [0.15, 0.2) is 30.7 Å². The van der Waals surface area contributed by atoms with Crippen LogP contribution in [-0.2, 0) is 11.3 Å². The SMILES string of the molecule is COC(=O)c1ccnc(NCc2cnc(C)cn2)c1. The first-order valence-corrected chi connectivity index (χ1v) is 5.75. The number of hydrogen-bond acceptors (Lipinski definition) is 6. The Hall–Kier alpha value is -2.50. The predicted molar refractivity (Wildman–Crippen MR) is 69.7 cm³/mol. The van der Waals surface area contributed by atoms with Gasteiger partial charge in [-0.3, -0.25) is 9.97 Å². The van der Waals surface area contributed by atoms with Crippen molar-refractivity contribution in [2.75, 3.05) is 12.4 Å². The van der Waals surface area contributed by atoms with E-state index >= 15 is 0 Å². The van der Waals surface area contributed by atoms with Gasteiger partial charge in [0.1, 0.15) is 5.82 Å². The third kappa shape index (κ3) is 3.48. The molecule has 0 aromatic carbocycles. The largest absolute Gasteiger partial charge is 0.465 e. The molecule has 0 aliphatic rings. The Morgan fingerprint density at radius 3 is 2.84 bits per heavy atom. The van der Waals surface area contributed by atoms with Gasteiger partial charge < -0.3 is 10.1 Å². The van der Waals surface area contributed by atoms with E-state index in [1.807, 2.05) is 6.92 Å². The first-order chi connectivity index (χ1) is 9.19. The number of anilines is 1. The summed E-state index contributed by atoms with van der Waals surface area (Å²) >= 11 is 0. The molecule has 0 radical (unpaired) electrons. The minimum absolute atomic E-state index is 0.388. The van der Waals surface area contributed by atoms with E-state index in [-0.39, 0.29) is 5.97 Å². The molecule has 2 rings (SSSR count).